The average Bonchev–Trinajstić information content (AvgIpc) is 2.79. The van der Waals surface area contributed by atoms with Crippen LogP contribution in [0.5, 0.6) is 11.5 Å². The van der Waals surface area contributed by atoms with Crippen LogP contribution in [-0.4, -0.2) is 30.2 Å². The number of phenols is 1. The largest absolute Gasteiger partial charge is 0.505 e. The van der Waals surface area contributed by atoms with E-state index in [4.69, 9.17) is 4.74 Å². The first kappa shape index (κ1) is 22.6. The number of esters is 1. The van der Waals surface area contributed by atoms with Crippen LogP contribution in [0.15, 0.2) is 72.8 Å². The number of nitrogens with one attached hydrogen (secondary N) is 1. The fourth-order valence-electron chi connectivity index (χ4n) is 3.09. The summed E-state index contributed by atoms with van der Waals surface area (Å²) in [4.78, 5) is 25.0. The molecule has 0 fully saturated rings. The molecule has 0 aliphatic rings. The van der Waals surface area contributed by atoms with Gasteiger partial charge in [0.05, 0.1) is 18.9 Å². The van der Waals surface area contributed by atoms with E-state index in [-0.39, 0.29) is 23.1 Å². The normalized spacial score (nSPS) is 11.2. The van der Waals surface area contributed by atoms with Gasteiger partial charge in [0.15, 0.2) is 5.75 Å². The second kappa shape index (κ2) is 10.3. The van der Waals surface area contributed by atoms with E-state index in [1.165, 1.54) is 19.2 Å². The van der Waals surface area contributed by atoms with E-state index in [9.17, 15) is 14.7 Å². The molecule has 0 spiro atoms. The van der Waals surface area contributed by atoms with Crippen LogP contribution in [0.25, 0.3) is 11.6 Å². The number of hydrogen-bond donors (Lipinski definition) is 2. The summed E-state index contributed by atoms with van der Waals surface area (Å²) in [5, 5.41) is 13.1. The number of anilines is 1. The highest BCUT2D eigenvalue weighted by Crippen LogP contribution is 2.30. The zero-order chi connectivity index (χ0) is 23.1. The molecular weight excluding hydrogens is 406 g/mol. The number of rotatable bonds is 7. The summed E-state index contributed by atoms with van der Waals surface area (Å²) >= 11 is 0. The molecule has 0 aromatic heterocycles. The fourth-order valence-corrected chi connectivity index (χ4v) is 3.09. The minimum atomic E-state index is -0.693. The van der Waals surface area contributed by atoms with Crippen molar-refractivity contribution in [2.75, 3.05) is 12.4 Å². The zero-order valence-electron chi connectivity index (χ0n) is 18.2. The molecule has 6 heteroatoms. The van der Waals surface area contributed by atoms with Gasteiger partial charge in [-0.25, -0.2) is 4.79 Å². The highest BCUT2D eigenvalue weighted by Gasteiger charge is 2.18. The van der Waals surface area contributed by atoms with Crippen molar-refractivity contribution in [2.24, 2.45) is 0 Å². The Bertz CT molecular complexity index is 1120. The van der Waals surface area contributed by atoms with Gasteiger partial charge in [-0.1, -0.05) is 48.5 Å². The quantitative estimate of drug-likeness (QED) is 0.234. The molecule has 3 aromatic carbocycles. The Morgan fingerprint density at radius 2 is 1.62 bits per heavy atom. The first-order chi connectivity index (χ1) is 15.4. The molecule has 0 saturated carbocycles. The summed E-state index contributed by atoms with van der Waals surface area (Å²) in [6.07, 6.45) is 1.82. The van der Waals surface area contributed by atoms with Crippen LogP contribution in [-0.2, 0) is 9.53 Å². The van der Waals surface area contributed by atoms with Gasteiger partial charge in [-0.15, -0.1) is 0 Å². The number of aromatic hydroxyl groups is 1. The van der Waals surface area contributed by atoms with E-state index in [0.29, 0.717) is 11.1 Å². The molecule has 6 nitrogen and oxygen atoms in total. The molecule has 3 aromatic rings. The van der Waals surface area contributed by atoms with Crippen molar-refractivity contribution in [3.05, 3.63) is 89.5 Å². The van der Waals surface area contributed by atoms with Crippen molar-refractivity contribution in [3.8, 4) is 11.5 Å². The van der Waals surface area contributed by atoms with Crippen LogP contribution in [0.4, 0.5) is 5.69 Å². The maximum Gasteiger partial charge on any atom is 0.341 e. The number of amides is 1. The fraction of sp³-hybridized carbons (Fsp3) is 0.154. The zero-order valence-corrected chi connectivity index (χ0v) is 18.2. The van der Waals surface area contributed by atoms with Crippen LogP contribution in [0.2, 0.25) is 0 Å². The SMILES string of the molecule is COC(=O)c1cccc(NC(=O)/C(=C/c2ccc(OC(C)C)cc2)c2ccccc2)c1O. The molecule has 0 saturated heterocycles. The van der Waals surface area contributed by atoms with Crippen molar-refractivity contribution in [1.29, 1.82) is 0 Å². The third-order valence-electron chi connectivity index (χ3n) is 4.58. The number of carbonyl (C=O) groups excluding carboxylic acids is 2. The van der Waals surface area contributed by atoms with E-state index in [1.807, 2.05) is 68.4 Å². The Morgan fingerprint density at radius 1 is 0.938 bits per heavy atom. The summed E-state index contributed by atoms with van der Waals surface area (Å²) in [7, 11) is 1.22. The number of para-hydroxylation sites is 1. The highest BCUT2D eigenvalue weighted by atomic mass is 16.5. The van der Waals surface area contributed by atoms with Crippen LogP contribution in [0, 0.1) is 0 Å². The Hall–Kier alpha value is -4.06. The molecule has 2 N–H and O–H groups in total. The third kappa shape index (κ3) is 5.55. The molecule has 0 bridgehead atoms. The van der Waals surface area contributed by atoms with Crippen LogP contribution in [0.1, 0.15) is 35.3 Å². The molecule has 1 amide bonds. The van der Waals surface area contributed by atoms with Gasteiger partial charge in [-0.3, -0.25) is 4.79 Å². The van der Waals surface area contributed by atoms with Crippen molar-refractivity contribution in [2.45, 2.75) is 20.0 Å². The molecule has 0 unspecified atom stereocenters. The van der Waals surface area contributed by atoms with E-state index < -0.39 is 11.9 Å². The molecule has 3 rings (SSSR count). The Balaban J connectivity index is 1.94. The predicted molar refractivity (Wildman–Crippen MR) is 125 cm³/mol. The predicted octanol–water partition coefficient (Wildman–Crippen LogP) is 5.15. The topological polar surface area (TPSA) is 84.9 Å². The third-order valence-corrected chi connectivity index (χ3v) is 4.58. The van der Waals surface area contributed by atoms with Gasteiger partial charge in [0.2, 0.25) is 0 Å². The highest BCUT2D eigenvalue weighted by molar-refractivity contribution is 6.29. The Morgan fingerprint density at radius 3 is 2.25 bits per heavy atom. The Labute approximate surface area is 187 Å². The average molecular weight is 431 g/mol. The van der Waals surface area contributed by atoms with E-state index in [1.54, 1.807) is 12.1 Å². The lowest BCUT2D eigenvalue weighted by molar-refractivity contribution is -0.111. The molecule has 0 aliphatic carbocycles. The number of benzene rings is 3. The minimum absolute atomic E-state index is 0.0312. The van der Waals surface area contributed by atoms with Crippen molar-refractivity contribution in [1.82, 2.24) is 0 Å². The molecular formula is C26H25NO5. The molecule has 0 aliphatic heterocycles. The van der Waals surface area contributed by atoms with Crippen molar-refractivity contribution >= 4 is 29.2 Å². The van der Waals surface area contributed by atoms with Crippen LogP contribution in [0.3, 0.4) is 0 Å². The first-order valence-electron chi connectivity index (χ1n) is 10.1. The lowest BCUT2D eigenvalue weighted by Crippen LogP contribution is -2.14. The van der Waals surface area contributed by atoms with Gasteiger partial charge in [0.1, 0.15) is 11.3 Å². The van der Waals surface area contributed by atoms with E-state index >= 15 is 0 Å². The maximum atomic E-state index is 13.2. The first-order valence-corrected chi connectivity index (χ1v) is 10.1. The standard InChI is InChI=1S/C26H25NO5/c1-17(2)32-20-14-12-18(13-15-20)16-22(19-8-5-4-6-9-19)25(29)27-23-11-7-10-21(24(23)28)26(30)31-3/h4-17,28H,1-3H3,(H,27,29)/b22-16+. The smallest absolute Gasteiger partial charge is 0.341 e. The number of ether oxygens (including phenoxy) is 2. The van der Waals surface area contributed by atoms with Gasteiger partial charge in [-0.05, 0) is 55.3 Å². The van der Waals surface area contributed by atoms with Gasteiger partial charge < -0.3 is 19.9 Å². The summed E-state index contributed by atoms with van der Waals surface area (Å²) < 4.78 is 10.3. The second-order valence-electron chi connectivity index (χ2n) is 7.31. The summed E-state index contributed by atoms with van der Waals surface area (Å²) in [5.74, 6) is -0.736. The summed E-state index contributed by atoms with van der Waals surface area (Å²) in [6, 6.07) is 21.1. The van der Waals surface area contributed by atoms with Gasteiger partial charge in [-0.2, -0.15) is 0 Å². The van der Waals surface area contributed by atoms with Crippen molar-refractivity contribution < 1.29 is 24.2 Å². The lowest BCUT2D eigenvalue weighted by atomic mass is 10.0. The molecule has 0 radical (unpaired) electrons. The van der Waals surface area contributed by atoms with E-state index in [2.05, 4.69) is 10.1 Å². The van der Waals surface area contributed by atoms with Crippen LogP contribution < -0.4 is 10.1 Å². The maximum absolute atomic E-state index is 13.2. The van der Waals surface area contributed by atoms with Crippen LogP contribution >= 0.6 is 0 Å². The van der Waals surface area contributed by atoms with Gasteiger partial charge in [0, 0.05) is 5.57 Å². The number of methoxy groups -OCH3 is 1. The molecule has 0 atom stereocenters. The Kier molecular flexibility index (Phi) is 7.29. The summed E-state index contributed by atoms with van der Waals surface area (Å²) in [5.41, 5.74) is 1.99. The molecule has 164 valence electrons. The molecule has 32 heavy (non-hydrogen) atoms. The lowest BCUT2D eigenvalue weighted by Gasteiger charge is -2.13. The number of carbonyl (C=O) groups is 2. The minimum Gasteiger partial charge on any atom is -0.505 e. The monoisotopic (exact) mass is 431 g/mol. The molecule has 0 heterocycles. The number of hydrogen-bond acceptors (Lipinski definition) is 5. The van der Waals surface area contributed by atoms with Crippen molar-refractivity contribution in [3.63, 3.8) is 0 Å². The second-order valence-corrected chi connectivity index (χ2v) is 7.31. The number of phenolic OH excluding ortho intramolecular Hbond substituents is 1. The summed E-state index contributed by atoms with van der Waals surface area (Å²) in [6.45, 7) is 3.91. The van der Waals surface area contributed by atoms with E-state index in [0.717, 1.165) is 11.3 Å². The van der Waals surface area contributed by atoms with Gasteiger partial charge >= 0.3 is 5.97 Å². The van der Waals surface area contributed by atoms with Gasteiger partial charge in [0.25, 0.3) is 5.91 Å².